The van der Waals surface area contributed by atoms with Crippen LogP contribution in [0.1, 0.15) is 12.5 Å². The number of hydrogen-bond donors (Lipinski definition) is 0. The predicted octanol–water partition coefficient (Wildman–Crippen LogP) is 2.06. The smallest absolute Gasteiger partial charge is 0.123 e. The summed E-state index contributed by atoms with van der Waals surface area (Å²) in [4.78, 5) is 10.3. The highest BCUT2D eigenvalue weighted by atomic mass is 16.1. The van der Waals surface area contributed by atoms with E-state index in [9.17, 15) is 4.79 Å². The lowest BCUT2D eigenvalue weighted by atomic mass is 10.0. The Labute approximate surface area is 67.1 Å². The molecule has 11 heavy (non-hydrogen) atoms. The maximum absolute atomic E-state index is 10.3. The lowest BCUT2D eigenvalue weighted by Gasteiger charge is -2.01. The minimum Gasteiger partial charge on any atom is -0.303 e. The molecule has 1 rings (SSSR count). The van der Waals surface area contributed by atoms with Gasteiger partial charge in [0.05, 0.1) is 0 Å². The Morgan fingerprint density at radius 1 is 1.36 bits per heavy atom. The van der Waals surface area contributed by atoms with Gasteiger partial charge in [-0.05, 0) is 12.0 Å². The number of rotatable bonds is 3. The molecule has 0 aliphatic heterocycles. The monoisotopic (exact) mass is 148 g/mol. The number of carbonyl (C=O) groups is 1. The summed E-state index contributed by atoms with van der Waals surface area (Å²) in [6.45, 7) is 1.93. The average Bonchev–Trinajstić information content (AvgIpc) is 2.06. The van der Waals surface area contributed by atoms with Crippen LogP contribution >= 0.6 is 0 Å². The fourth-order valence-electron chi connectivity index (χ4n) is 1.03. The van der Waals surface area contributed by atoms with Crippen molar-refractivity contribution in [2.24, 2.45) is 5.92 Å². The second-order valence-electron chi connectivity index (χ2n) is 2.80. The lowest BCUT2D eigenvalue weighted by molar-refractivity contribution is -0.110. The Morgan fingerprint density at radius 3 is 2.55 bits per heavy atom. The van der Waals surface area contributed by atoms with Crippen LogP contribution in [-0.2, 0) is 11.2 Å². The molecule has 0 bridgehead atoms. The van der Waals surface area contributed by atoms with Crippen LogP contribution in [-0.4, -0.2) is 6.29 Å². The molecular weight excluding hydrogens is 136 g/mol. The van der Waals surface area contributed by atoms with Crippen molar-refractivity contribution in [1.29, 1.82) is 0 Å². The third kappa shape index (κ3) is 2.54. The summed E-state index contributed by atoms with van der Waals surface area (Å²) in [5, 5.41) is 0. The molecule has 1 nitrogen and oxygen atoms in total. The zero-order valence-corrected chi connectivity index (χ0v) is 6.66. The molecule has 0 heterocycles. The molecule has 0 amide bonds. The molecule has 0 radical (unpaired) electrons. The molecule has 0 unspecified atom stereocenters. The van der Waals surface area contributed by atoms with E-state index in [1.54, 1.807) is 0 Å². The first-order chi connectivity index (χ1) is 5.33. The van der Waals surface area contributed by atoms with E-state index in [1.807, 2.05) is 37.3 Å². The van der Waals surface area contributed by atoms with E-state index in [0.717, 1.165) is 12.7 Å². The van der Waals surface area contributed by atoms with Crippen molar-refractivity contribution in [3.63, 3.8) is 0 Å². The van der Waals surface area contributed by atoms with Crippen LogP contribution in [0.25, 0.3) is 0 Å². The van der Waals surface area contributed by atoms with Gasteiger partial charge in [0, 0.05) is 5.92 Å². The van der Waals surface area contributed by atoms with Crippen LogP contribution in [0.4, 0.5) is 0 Å². The van der Waals surface area contributed by atoms with Crippen LogP contribution in [0.15, 0.2) is 30.3 Å². The van der Waals surface area contributed by atoms with Gasteiger partial charge in [-0.3, -0.25) is 0 Å². The SMILES string of the molecule is C[C@@H](C=O)Cc1ccccc1. The van der Waals surface area contributed by atoms with E-state index in [1.165, 1.54) is 5.56 Å². The van der Waals surface area contributed by atoms with Crippen LogP contribution in [0.5, 0.6) is 0 Å². The summed E-state index contributed by atoms with van der Waals surface area (Å²) < 4.78 is 0. The molecule has 1 aromatic carbocycles. The highest BCUT2D eigenvalue weighted by Crippen LogP contribution is 2.05. The maximum atomic E-state index is 10.3. The number of carbonyl (C=O) groups excluding carboxylic acids is 1. The van der Waals surface area contributed by atoms with Crippen molar-refractivity contribution in [2.45, 2.75) is 13.3 Å². The first-order valence-corrected chi connectivity index (χ1v) is 3.82. The van der Waals surface area contributed by atoms with Gasteiger partial charge in [-0.15, -0.1) is 0 Å². The summed E-state index contributed by atoms with van der Waals surface area (Å²) in [6.07, 6.45) is 1.84. The zero-order valence-electron chi connectivity index (χ0n) is 6.66. The molecule has 0 aliphatic rings. The Morgan fingerprint density at radius 2 is 2.00 bits per heavy atom. The summed E-state index contributed by atoms with van der Waals surface area (Å²) in [5.41, 5.74) is 1.23. The summed E-state index contributed by atoms with van der Waals surface area (Å²) in [7, 11) is 0. The molecule has 0 saturated heterocycles. The Kier molecular flexibility index (Phi) is 2.84. The number of aldehydes is 1. The molecule has 1 heteroatoms. The zero-order chi connectivity index (χ0) is 8.10. The molecule has 0 spiro atoms. The van der Waals surface area contributed by atoms with E-state index < -0.39 is 0 Å². The van der Waals surface area contributed by atoms with Gasteiger partial charge >= 0.3 is 0 Å². The molecule has 1 atom stereocenters. The number of benzene rings is 1. The Hall–Kier alpha value is -1.11. The third-order valence-electron chi connectivity index (χ3n) is 1.63. The van der Waals surface area contributed by atoms with Gasteiger partial charge in [-0.25, -0.2) is 0 Å². The van der Waals surface area contributed by atoms with Crippen molar-refractivity contribution in [3.05, 3.63) is 35.9 Å². The highest BCUT2D eigenvalue weighted by Gasteiger charge is 1.99. The molecule has 0 N–H and O–H groups in total. The summed E-state index contributed by atoms with van der Waals surface area (Å²) >= 11 is 0. The average molecular weight is 148 g/mol. The standard InChI is InChI=1S/C10H12O/c1-9(8-11)7-10-5-3-2-4-6-10/h2-6,8-9H,7H2,1H3/t9-/m1/s1. The van der Waals surface area contributed by atoms with Gasteiger partial charge in [-0.1, -0.05) is 37.3 Å². The quantitative estimate of drug-likeness (QED) is 0.600. The fourth-order valence-corrected chi connectivity index (χ4v) is 1.03. The van der Waals surface area contributed by atoms with Crippen LogP contribution in [0.2, 0.25) is 0 Å². The van der Waals surface area contributed by atoms with Gasteiger partial charge in [0.25, 0.3) is 0 Å². The molecule has 0 fully saturated rings. The molecule has 0 saturated carbocycles. The third-order valence-corrected chi connectivity index (χ3v) is 1.63. The summed E-state index contributed by atoms with van der Waals surface area (Å²) in [6, 6.07) is 10.1. The lowest BCUT2D eigenvalue weighted by Crippen LogP contribution is -1.99. The Bertz CT molecular complexity index is 216. The van der Waals surface area contributed by atoms with Crippen molar-refractivity contribution in [2.75, 3.05) is 0 Å². The Balaban J connectivity index is 2.57. The van der Waals surface area contributed by atoms with E-state index >= 15 is 0 Å². The van der Waals surface area contributed by atoms with Gasteiger partial charge in [0.1, 0.15) is 6.29 Å². The second-order valence-corrected chi connectivity index (χ2v) is 2.80. The molecule has 0 aliphatic carbocycles. The number of hydrogen-bond acceptors (Lipinski definition) is 1. The maximum Gasteiger partial charge on any atom is 0.123 e. The van der Waals surface area contributed by atoms with E-state index in [2.05, 4.69) is 0 Å². The van der Waals surface area contributed by atoms with Crippen LogP contribution in [0.3, 0.4) is 0 Å². The van der Waals surface area contributed by atoms with Crippen molar-refractivity contribution in [1.82, 2.24) is 0 Å². The summed E-state index contributed by atoms with van der Waals surface area (Å²) in [5.74, 6) is 0.136. The highest BCUT2D eigenvalue weighted by molar-refractivity contribution is 5.53. The van der Waals surface area contributed by atoms with Gasteiger partial charge in [0.15, 0.2) is 0 Å². The second kappa shape index (κ2) is 3.91. The van der Waals surface area contributed by atoms with Crippen molar-refractivity contribution >= 4 is 6.29 Å². The predicted molar refractivity (Wildman–Crippen MR) is 45.4 cm³/mol. The normalized spacial score (nSPS) is 12.5. The van der Waals surface area contributed by atoms with Crippen molar-refractivity contribution < 1.29 is 4.79 Å². The van der Waals surface area contributed by atoms with Gasteiger partial charge < -0.3 is 4.79 Å². The first kappa shape index (κ1) is 7.99. The van der Waals surface area contributed by atoms with E-state index in [-0.39, 0.29) is 5.92 Å². The van der Waals surface area contributed by atoms with Crippen LogP contribution < -0.4 is 0 Å². The van der Waals surface area contributed by atoms with Crippen molar-refractivity contribution in [3.8, 4) is 0 Å². The van der Waals surface area contributed by atoms with Crippen LogP contribution in [0, 0.1) is 5.92 Å². The van der Waals surface area contributed by atoms with Gasteiger partial charge in [0.2, 0.25) is 0 Å². The minimum atomic E-state index is 0.136. The van der Waals surface area contributed by atoms with E-state index in [0.29, 0.717) is 0 Å². The van der Waals surface area contributed by atoms with Gasteiger partial charge in [-0.2, -0.15) is 0 Å². The minimum absolute atomic E-state index is 0.136. The largest absolute Gasteiger partial charge is 0.303 e. The molecule has 0 aromatic heterocycles. The molecule has 58 valence electrons. The first-order valence-electron chi connectivity index (χ1n) is 3.82. The molecular formula is C10H12O. The fraction of sp³-hybridized carbons (Fsp3) is 0.300. The topological polar surface area (TPSA) is 17.1 Å². The molecule has 1 aromatic rings. The van der Waals surface area contributed by atoms with E-state index in [4.69, 9.17) is 0 Å².